The minimum atomic E-state index is -0.931. The molecular weight excluding hydrogens is 342 g/mol. The summed E-state index contributed by atoms with van der Waals surface area (Å²) in [5.41, 5.74) is 0.644. The van der Waals surface area contributed by atoms with Crippen LogP contribution >= 0.6 is 11.6 Å². The van der Waals surface area contributed by atoms with Crippen LogP contribution in [-0.2, 0) is 14.3 Å². The van der Waals surface area contributed by atoms with Gasteiger partial charge in [0.1, 0.15) is 5.41 Å². The number of anilines is 1. The monoisotopic (exact) mass is 365 g/mol. The highest BCUT2D eigenvalue weighted by atomic mass is 35.5. The normalized spacial score (nSPS) is 19.3. The number of halogens is 1. The molecule has 1 saturated carbocycles. The molecule has 2 amide bonds. The van der Waals surface area contributed by atoms with E-state index >= 15 is 0 Å². The van der Waals surface area contributed by atoms with Gasteiger partial charge in [-0.15, -0.1) is 0 Å². The first-order valence-corrected chi connectivity index (χ1v) is 9.05. The molecule has 2 fully saturated rings. The molecule has 1 aliphatic carbocycles. The molecule has 3 rings (SSSR count). The second-order valence-electron chi connectivity index (χ2n) is 6.71. The van der Waals surface area contributed by atoms with Crippen molar-refractivity contribution in [3.05, 3.63) is 28.8 Å². The lowest BCUT2D eigenvalue weighted by atomic mass is 10.0. The predicted octanol–water partition coefficient (Wildman–Crippen LogP) is 1.82. The number of hydrogen-bond donors (Lipinski definition) is 2. The molecule has 1 aliphatic heterocycles. The molecule has 0 radical (unpaired) electrons. The first-order valence-electron chi connectivity index (χ1n) is 8.67. The summed E-state index contributed by atoms with van der Waals surface area (Å²) in [6.45, 7) is 6.46. The Kier molecular flexibility index (Phi) is 5.61. The summed E-state index contributed by atoms with van der Waals surface area (Å²) >= 11 is 5.99. The third kappa shape index (κ3) is 4.32. The maximum atomic E-state index is 12.6. The van der Waals surface area contributed by atoms with Gasteiger partial charge in [-0.05, 0) is 37.5 Å². The molecule has 2 N–H and O–H groups in total. The van der Waals surface area contributed by atoms with E-state index in [-0.39, 0.29) is 11.8 Å². The Morgan fingerprint density at radius 3 is 2.64 bits per heavy atom. The van der Waals surface area contributed by atoms with Gasteiger partial charge in [-0.3, -0.25) is 14.5 Å². The summed E-state index contributed by atoms with van der Waals surface area (Å²) in [6, 6.07) is 5.33. The Balaban J connectivity index is 1.52. The zero-order valence-corrected chi connectivity index (χ0v) is 15.2. The van der Waals surface area contributed by atoms with Crippen LogP contribution in [0, 0.1) is 12.3 Å². The molecular formula is C18H24ClN3O3. The topological polar surface area (TPSA) is 70.7 Å². The molecule has 1 aromatic rings. The van der Waals surface area contributed by atoms with E-state index in [9.17, 15) is 9.59 Å². The minimum absolute atomic E-state index is 0.182. The van der Waals surface area contributed by atoms with Gasteiger partial charge in [0.05, 0.1) is 13.2 Å². The molecule has 6 nitrogen and oxygen atoms in total. The lowest BCUT2D eigenvalue weighted by molar-refractivity contribution is -0.134. The Morgan fingerprint density at radius 1 is 1.24 bits per heavy atom. The lowest BCUT2D eigenvalue weighted by Gasteiger charge is -2.26. The molecule has 1 saturated heterocycles. The SMILES string of the molecule is Cc1ccc(Cl)cc1NC(=O)C1(C(=O)NCCN2CCOCC2)CC1. The van der Waals surface area contributed by atoms with Gasteiger partial charge in [-0.25, -0.2) is 0 Å². The number of carbonyl (C=O) groups excluding carboxylic acids is 2. The number of benzene rings is 1. The summed E-state index contributed by atoms with van der Waals surface area (Å²) in [7, 11) is 0. The predicted molar refractivity (Wildman–Crippen MR) is 96.8 cm³/mol. The van der Waals surface area contributed by atoms with Crippen LogP contribution in [0.25, 0.3) is 0 Å². The number of amides is 2. The van der Waals surface area contributed by atoms with Crippen molar-refractivity contribution in [3.63, 3.8) is 0 Å². The van der Waals surface area contributed by atoms with Crippen LogP contribution in [0.2, 0.25) is 5.02 Å². The molecule has 1 aromatic carbocycles. The largest absolute Gasteiger partial charge is 0.379 e. The van der Waals surface area contributed by atoms with Crippen LogP contribution in [0.4, 0.5) is 5.69 Å². The van der Waals surface area contributed by atoms with Crippen molar-refractivity contribution in [3.8, 4) is 0 Å². The van der Waals surface area contributed by atoms with E-state index in [4.69, 9.17) is 16.3 Å². The number of nitrogens with zero attached hydrogens (tertiary/aromatic N) is 1. The van der Waals surface area contributed by atoms with Crippen molar-refractivity contribution in [1.29, 1.82) is 0 Å². The zero-order valence-electron chi connectivity index (χ0n) is 14.4. The number of carbonyl (C=O) groups is 2. The summed E-state index contributed by atoms with van der Waals surface area (Å²) in [5.74, 6) is -0.431. The van der Waals surface area contributed by atoms with Crippen LogP contribution in [0.1, 0.15) is 18.4 Å². The molecule has 0 aromatic heterocycles. The highest BCUT2D eigenvalue weighted by Crippen LogP contribution is 2.47. The Hall–Kier alpha value is -1.63. The minimum Gasteiger partial charge on any atom is -0.379 e. The van der Waals surface area contributed by atoms with Crippen molar-refractivity contribution in [1.82, 2.24) is 10.2 Å². The van der Waals surface area contributed by atoms with Crippen LogP contribution in [0.3, 0.4) is 0 Å². The third-order valence-electron chi connectivity index (χ3n) is 4.88. The highest BCUT2D eigenvalue weighted by molar-refractivity contribution is 6.31. The van der Waals surface area contributed by atoms with E-state index in [1.807, 2.05) is 13.0 Å². The van der Waals surface area contributed by atoms with Crippen molar-refractivity contribution in [2.75, 3.05) is 44.7 Å². The van der Waals surface area contributed by atoms with Crippen LogP contribution in [-0.4, -0.2) is 56.1 Å². The van der Waals surface area contributed by atoms with Crippen molar-refractivity contribution in [2.45, 2.75) is 19.8 Å². The van der Waals surface area contributed by atoms with Crippen LogP contribution < -0.4 is 10.6 Å². The molecule has 0 spiro atoms. The molecule has 25 heavy (non-hydrogen) atoms. The second kappa shape index (κ2) is 7.72. The van der Waals surface area contributed by atoms with Gasteiger partial charge in [-0.2, -0.15) is 0 Å². The summed E-state index contributed by atoms with van der Waals surface area (Å²) in [5, 5.41) is 6.34. The average Bonchev–Trinajstić information content (AvgIpc) is 3.41. The molecule has 2 aliphatic rings. The van der Waals surface area contributed by atoms with E-state index in [0.717, 1.165) is 38.4 Å². The van der Waals surface area contributed by atoms with Gasteiger partial charge >= 0.3 is 0 Å². The van der Waals surface area contributed by atoms with E-state index in [1.54, 1.807) is 12.1 Å². The molecule has 136 valence electrons. The molecule has 7 heteroatoms. The van der Waals surface area contributed by atoms with Crippen molar-refractivity contribution in [2.24, 2.45) is 5.41 Å². The zero-order chi connectivity index (χ0) is 17.9. The summed E-state index contributed by atoms with van der Waals surface area (Å²) < 4.78 is 5.31. The number of nitrogens with one attached hydrogen (secondary N) is 2. The van der Waals surface area contributed by atoms with Crippen LogP contribution in [0.15, 0.2) is 18.2 Å². The number of ether oxygens (including phenoxy) is 1. The summed E-state index contributed by atoms with van der Waals surface area (Å²) in [4.78, 5) is 27.4. The Labute approximate surface area is 152 Å². The maximum Gasteiger partial charge on any atom is 0.240 e. The standard InChI is InChI=1S/C18H24ClN3O3/c1-13-2-3-14(19)12-15(13)21-17(24)18(4-5-18)16(23)20-6-7-22-8-10-25-11-9-22/h2-3,12H,4-11H2,1H3,(H,20,23)(H,21,24). The fraction of sp³-hybridized carbons (Fsp3) is 0.556. The van der Waals surface area contributed by atoms with E-state index in [0.29, 0.717) is 30.1 Å². The van der Waals surface area contributed by atoms with Crippen LogP contribution in [0.5, 0.6) is 0 Å². The quantitative estimate of drug-likeness (QED) is 0.754. The van der Waals surface area contributed by atoms with Gasteiger partial charge in [0, 0.05) is 36.9 Å². The lowest BCUT2D eigenvalue weighted by Crippen LogP contribution is -2.45. The molecule has 0 bridgehead atoms. The number of morpholine rings is 1. The number of aryl methyl sites for hydroxylation is 1. The highest BCUT2D eigenvalue weighted by Gasteiger charge is 2.56. The Bertz CT molecular complexity index is 655. The molecule has 1 heterocycles. The van der Waals surface area contributed by atoms with Gasteiger partial charge in [0.15, 0.2) is 0 Å². The second-order valence-corrected chi connectivity index (χ2v) is 7.14. The van der Waals surface area contributed by atoms with E-state index < -0.39 is 5.41 Å². The van der Waals surface area contributed by atoms with Crippen molar-refractivity contribution >= 4 is 29.1 Å². The smallest absolute Gasteiger partial charge is 0.240 e. The van der Waals surface area contributed by atoms with Gasteiger partial charge in [0.25, 0.3) is 0 Å². The number of rotatable bonds is 6. The fourth-order valence-electron chi connectivity index (χ4n) is 2.97. The molecule has 0 unspecified atom stereocenters. The average molecular weight is 366 g/mol. The maximum absolute atomic E-state index is 12.6. The third-order valence-corrected chi connectivity index (χ3v) is 5.12. The van der Waals surface area contributed by atoms with Gasteiger partial charge < -0.3 is 15.4 Å². The fourth-order valence-corrected chi connectivity index (χ4v) is 3.15. The van der Waals surface area contributed by atoms with E-state index in [1.165, 1.54) is 0 Å². The van der Waals surface area contributed by atoms with Crippen molar-refractivity contribution < 1.29 is 14.3 Å². The van der Waals surface area contributed by atoms with Gasteiger partial charge in [0.2, 0.25) is 11.8 Å². The Morgan fingerprint density at radius 2 is 1.96 bits per heavy atom. The van der Waals surface area contributed by atoms with Gasteiger partial charge in [-0.1, -0.05) is 17.7 Å². The molecule has 0 atom stereocenters. The van der Waals surface area contributed by atoms with E-state index in [2.05, 4.69) is 15.5 Å². The first kappa shape index (κ1) is 18.2. The first-order chi connectivity index (χ1) is 12.0. The summed E-state index contributed by atoms with van der Waals surface area (Å²) in [6.07, 6.45) is 1.17. The number of hydrogen-bond acceptors (Lipinski definition) is 4.